The largest absolute Gasteiger partial charge is 0.346 e. The van der Waals surface area contributed by atoms with Gasteiger partial charge in [0, 0.05) is 12.6 Å². The molecule has 0 aromatic carbocycles. The third-order valence-electron chi connectivity index (χ3n) is 3.49. The number of nitro groups is 1. The van der Waals surface area contributed by atoms with Crippen molar-refractivity contribution in [2.75, 3.05) is 11.4 Å². The van der Waals surface area contributed by atoms with Crippen LogP contribution in [0.4, 0.5) is 11.5 Å². The maximum absolute atomic E-state index is 11.7. The van der Waals surface area contributed by atoms with Crippen LogP contribution in [0.15, 0.2) is 12.3 Å². The fourth-order valence-electron chi connectivity index (χ4n) is 2.56. The van der Waals surface area contributed by atoms with Gasteiger partial charge in [0.2, 0.25) is 0 Å². The van der Waals surface area contributed by atoms with Crippen molar-refractivity contribution in [3.05, 3.63) is 27.9 Å². The summed E-state index contributed by atoms with van der Waals surface area (Å²) < 4.78 is 0. The minimum atomic E-state index is -0.456. The summed E-state index contributed by atoms with van der Waals surface area (Å²) in [7, 11) is 0. The van der Waals surface area contributed by atoms with Crippen molar-refractivity contribution in [3.8, 4) is 0 Å². The molecule has 1 aromatic heterocycles. The fourth-order valence-corrected chi connectivity index (χ4v) is 2.56. The Kier molecular flexibility index (Phi) is 3.78. The molecule has 1 aromatic rings. The number of hydrogen-bond donors (Lipinski definition) is 0. The van der Waals surface area contributed by atoms with Gasteiger partial charge in [-0.3, -0.25) is 14.9 Å². The molecule has 2 heterocycles. The first-order valence-electron chi connectivity index (χ1n) is 6.39. The average Bonchev–Trinajstić information content (AvgIpc) is 2.38. The van der Waals surface area contributed by atoms with E-state index < -0.39 is 4.92 Å². The van der Waals surface area contributed by atoms with Gasteiger partial charge in [-0.05, 0) is 38.7 Å². The van der Waals surface area contributed by atoms with E-state index in [1.165, 1.54) is 12.3 Å². The summed E-state index contributed by atoms with van der Waals surface area (Å²) in [4.78, 5) is 28.1. The SMILES string of the molecule is CC(=O)C1CCCCN1c1ncc([N+](=O)[O-])cc1C. The number of piperidine rings is 1. The molecular weight excluding hydrogens is 246 g/mol. The van der Waals surface area contributed by atoms with Gasteiger partial charge in [0.15, 0.2) is 5.78 Å². The van der Waals surface area contributed by atoms with E-state index in [0.717, 1.165) is 31.4 Å². The number of ketones is 1. The molecule has 1 unspecified atom stereocenters. The number of Topliss-reactive ketones (excluding diaryl/α,β-unsaturated/α-hetero) is 1. The monoisotopic (exact) mass is 263 g/mol. The van der Waals surface area contributed by atoms with Crippen LogP contribution < -0.4 is 4.90 Å². The van der Waals surface area contributed by atoms with E-state index in [2.05, 4.69) is 4.98 Å². The molecule has 0 radical (unpaired) electrons. The van der Waals surface area contributed by atoms with Gasteiger partial charge in [-0.15, -0.1) is 0 Å². The van der Waals surface area contributed by atoms with Crippen LogP contribution in [0, 0.1) is 17.0 Å². The molecule has 0 bridgehead atoms. The van der Waals surface area contributed by atoms with Gasteiger partial charge in [0.05, 0.1) is 11.0 Å². The second-order valence-electron chi connectivity index (χ2n) is 4.91. The quantitative estimate of drug-likeness (QED) is 0.617. The Bertz CT molecular complexity index is 516. The smallest absolute Gasteiger partial charge is 0.287 e. The van der Waals surface area contributed by atoms with Crippen molar-refractivity contribution in [1.82, 2.24) is 4.98 Å². The molecule has 0 amide bonds. The van der Waals surface area contributed by atoms with Crippen molar-refractivity contribution < 1.29 is 9.72 Å². The molecule has 1 saturated heterocycles. The lowest BCUT2D eigenvalue weighted by Crippen LogP contribution is -2.44. The Labute approximate surface area is 111 Å². The van der Waals surface area contributed by atoms with Crippen LogP contribution in [0.25, 0.3) is 0 Å². The maximum atomic E-state index is 11.7. The summed E-state index contributed by atoms with van der Waals surface area (Å²) in [5.41, 5.74) is 0.722. The molecule has 0 aliphatic carbocycles. The molecule has 1 fully saturated rings. The van der Waals surface area contributed by atoms with E-state index in [1.807, 2.05) is 4.90 Å². The first kappa shape index (κ1) is 13.5. The van der Waals surface area contributed by atoms with E-state index in [0.29, 0.717) is 5.82 Å². The van der Waals surface area contributed by atoms with Gasteiger partial charge in [-0.1, -0.05) is 0 Å². The summed E-state index contributed by atoms with van der Waals surface area (Å²) in [5, 5.41) is 10.7. The third kappa shape index (κ3) is 2.72. The molecule has 0 saturated carbocycles. The Morgan fingerprint density at radius 3 is 2.84 bits per heavy atom. The number of nitrogens with zero attached hydrogens (tertiary/aromatic N) is 3. The summed E-state index contributed by atoms with van der Waals surface area (Å²) in [6.07, 6.45) is 4.14. The zero-order valence-electron chi connectivity index (χ0n) is 11.1. The highest BCUT2D eigenvalue weighted by molar-refractivity contribution is 5.85. The van der Waals surface area contributed by atoms with Gasteiger partial charge < -0.3 is 4.90 Å². The molecule has 1 aliphatic rings. The van der Waals surface area contributed by atoms with Gasteiger partial charge >= 0.3 is 0 Å². The van der Waals surface area contributed by atoms with Crippen molar-refractivity contribution in [1.29, 1.82) is 0 Å². The summed E-state index contributed by atoms with van der Waals surface area (Å²) >= 11 is 0. The van der Waals surface area contributed by atoms with Gasteiger partial charge in [-0.2, -0.15) is 0 Å². The molecule has 6 nitrogen and oxygen atoms in total. The van der Waals surface area contributed by atoms with Crippen LogP contribution in [0.5, 0.6) is 0 Å². The molecule has 6 heteroatoms. The molecule has 0 N–H and O–H groups in total. The predicted octanol–water partition coefficient (Wildman–Crippen LogP) is 2.25. The van der Waals surface area contributed by atoms with Crippen molar-refractivity contribution in [2.45, 2.75) is 39.2 Å². The van der Waals surface area contributed by atoms with Crippen LogP contribution in [0.2, 0.25) is 0 Å². The number of aromatic nitrogens is 1. The second kappa shape index (κ2) is 5.34. The van der Waals surface area contributed by atoms with E-state index in [1.54, 1.807) is 13.8 Å². The van der Waals surface area contributed by atoms with Crippen LogP contribution in [-0.4, -0.2) is 28.3 Å². The van der Waals surface area contributed by atoms with Crippen molar-refractivity contribution in [2.24, 2.45) is 0 Å². The van der Waals surface area contributed by atoms with E-state index >= 15 is 0 Å². The minimum Gasteiger partial charge on any atom is -0.346 e. The molecule has 1 aliphatic heterocycles. The number of carbonyl (C=O) groups is 1. The number of aryl methyl sites for hydroxylation is 1. The topological polar surface area (TPSA) is 76.3 Å². The van der Waals surface area contributed by atoms with Crippen LogP contribution in [0.3, 0.4) is 0 Å². The van der Waals surface area contributed by atoms with Crippen LogP contribution in [-0.2, 0) is 4.79 Å². The highest BCUT2D eigenvalue weighted by Gasteiger charge is 2.28. The van der Waals surface area contributed by atoms with Gasteiger partial charge in [0.25, 0.3) is 5.69 Å². The Morgan fingerprint density at radius 2 is 2.26 bits per heavy atom. The van der Waals surface area contributed by atoms with Crippen molar-refractivity contribution >= 4 is 17.3 Å². The molecule has 2 rings (SSSR count). The Balaban J connectivity index is 2.34. The zero-order chi connectivity index (χ0) is 14.0. The number of rotatable bonds is 3. The lowest BCUT2D eigenvalue weighted by molar-refractivity contribution is -0.385. The van der Waals surface area contributed by atoms with Crippen molar-refractivity contribution in [3.63, 3.8) is 0 Å². The lowest BCUT2D eigenvalue weighted by atomic mass is 9.98. The number of hydrogen-bond acceptors (Lipinski definition) is 5. The molecule has 19 heavy (non-hydrogen) atoms. The van der Waals surface area contributed by atoms with Crippen LogP contribution >= 0.6 is 0 Å². The Hall–Kier alpha value is -1.98. The standard InChI is InChI=1S/C13H17N3O3/c1-9-7-11(16(18)19)8-14-13(9)15-6-4-3-5-12(15)10(2)17/h7-8,12H,3-6H2,1-2H3. The Morgan fingerprint density at radius 1 is 1.53 bits per heavy atom. The van der Waals surface area contributed by atoms with E-state index in [9.17, 15) is 14.9 Å². The fraction of sp³-hybridized carbons (Fsp3) is 0.538. The lowest BCUT2D eigenvalue weighted by Gasteiger charge is -2.35. The van der Waals surface area contributed by atoms with E-state index in [-0.39, 0.29) is 17.5 Å². The first-order valence-corrected chi connectivity index (χ1v) is 6.39. The maximum Gasteiger partial charge on any atom is 0.287 e. The number of carbonyl (C=O) groups excluding carboxylic acids is 1. The molecular formula is C13H17N3O3. The average molecular weight is 263 g/mol. The third-order valence-corrected chi connectivity index (χ3v) is 3.49. The minimum absolute atomic E-state index is 0.0161. The first-order chi connectivity index (χ1) is 9.00. The van der Waals surface area contributed by atoms with Gasteiger partial charge in [-0.25, -0.2) is 4.98 Å². The highest BCUT2D eigenvalue weighted by atomic mass is 16.6. The predicted molar refractivity (Wildman–Crippen MR) is 71.3 cm³/mol. The summed E-state index contributed by atoms with van der Waals surface area (Å²) in [6, 6.07) is 1.36. The number of pyridine rings is 1. The summed E-state index contributed by atoms with van der Waals surface area (Å²) in [6.45, 7) is 4.15. The normalized spacial score (nSPS) is 19.3. The molecule has 1 atom stereocenters. The van der Waals surface area contributed by atoms with E-state index in [4.69, 9.17) is 0 Å². The van der Waals surface area contributed by atoms with Gasteiger partial charge in [0.1, 0.15) is 12.0 Å². The summed E-state index contributed by atoms with van der Waals surface area (Å²) in [5.74, 6) is 0.810. The van der Waals surface area contributed by atoms with Crippen LogP contribution in [0.1, 0.15) is 31.7 Å². The zero-order valence-corrected chi connectivity index (χ0v) is 11.1. The molecule has 102 valence electrons. The number of anilines is 1. The molecule has 0 spiro atoms. The second-order valence-corrected chi connectivity index (χ2v) is 4.91. The highest BCUT2D eigenvalue weighted by Crippen LogP contribution is 2.28.